The average molecular weight is 682 g/mol. The molecular formula is C33H20N5Pt-. The van der Waals surface area contributed by atoms with Crippen molar-refractivity contribution in [2.45, 2.75) is 0 Å². The number of fused-ring (bicyclic) bond motifs is 6. The molecule has 0 N–H and O–H groups in total. The number of hydrogen-bond acceptors (Lipinski definition) is 3. The Morgan fingerprint density at radius 1 is 0.513 bits per heavy atom. The summed E-state index contributed by atoms with van der Waals surface area (Å²) in [6, 6.07) is 40.9. The summed E-state index contributed by atoms with van der Waals surface area (Å²) in [5.41, 5.74) is 5.85. The molecule has 0 atom stereocenters. The topological polar surface area (TPSA) is 48.5 Å². The molecule has 5 aromatic heterocycles. The zero-order chi connectivity index (χ0) is 25.1. The molecule has 6 heteroatoms. The fourth-order valence-corrected chi connectivity index (χ4v) is 5.47. The predicted octanol–water partition coefficient (Wildman–Crippen LogP) is 7.53. The van der Waals surface area contributed by atoms with Crippen molar-refractivity contribution in [3.8, 4) is 22.9 Å². The Morgan fingerprint density at radius 2 is 1.18 bits per heavy atom. The summed E-state index contributed by atoms with van der Waals surface area (Å²) in [6.45, 7) is 0. The van der Waals surface area contributed by atoms with Gasteiger partial charge in [-0.25, -0.2) is 9.97 Å². The normalized spacial score (nSPS) is 11.4. The summed E-state index contributed by atoms with van der Waals surface area (Å²) in [7, 11) is 0. The molecule has 188 valence electrons. The molecule has 5 nitrogen and oxygen atoms in total. The van der Waals surface area contributed by atoms with Crippen LogP contribution in [0.5, 0.6) is 0 Å². The van der Waals surface area contributed by atoms with Crippen molar-refractivity contribution in [2.75, 3.05) is 0 Å². The van der Waals surface area contributed by atoms with Gasteiger partial charge >= 0.3 is 0 Å². The number of aromatic nitrogens is 5. The number of hydrogen-bond donors (Lipinski definition) is 0. The van der Waals surface area contributed by atoms with Crippen molar-refractivity contribution in [3.63, 3.8) is 0 Å². The summed E-state index contributed by atoms with van der Waals surface area (Å²) >= 11 is 0. The van der Waals surface area contributed by atoms with Crippen LogP contribution in [-0.4, -0.2) is 24.1 Å². The molecule has 8 aromatic rings. The molecule has 0 unspecified atom stereocenters. The van der Waals surface area contributed by atoms with E-state index in [2.05, 4.69) is 98.0 Å². The van der Waals surface area contributed by atoms with Gasteiger partial charge in [0.05, 0.1) is 5.52 Å². The molecule has 39 heavy (non-hydrogen) atoms. The van der Waals surface area contributed by atoms with E-state index in [4.69, 9.17) is 4.98 Å². The van der Waals surface area contributed by atoms with Crippen LogP contribution in [0.15, 0.2) is 122 Å². The minimum absolute atomic E-state index is 0. The summed E-state index contributed by atoms with van der Waals surface area (Å²) in [4.78, 5) is 14.5. The summed E-state index contributed by atoms with van der Waals surface area (Å²) in [6.07, 6.45) is 3.63. The molecule has 0 aliphatic carbocycles. The summed E-state index contributed by atoms with van der Waals surface area (Å²) < 4.78 is 4.35. The molecule has 0 aliphatic heterocycles. The Morgan fingerprint density at radius 3 is 1.92 bits per heavy atom. The molecule has 0 saturated heterocycles. The standard InChI is InChI=1S/C33H20N5.Pt/c1-3-12-28-23(9-1)25-16-15-22(27-11-5-7-19-34-27)21-30(25)37(28)32-18-17-26-24-10-2-4-13-29(24)38(33(26)36-32)31-14-6-8-20-35-31;/h1-20H;/q-1;. The van der Waals surface area contributed by atoms with Crippen molar-refractivity contribution >= 4 is 43.7 Å². The van der Waals surface area contributed by atoms with Crippen LogP contribution >= 0.6 is 0 Å². The van der Waals surface area contributed by atoms with E-state index in [0.717, 1.165) is 61.2 Å². The largest absolute Gasteiger partial charge is 0.313 e. The Kier molecular flexibility index (Phi) is 5.61. The van der Waals surface area contributed by atoms with Crippen molar-refractivity contribution in [3.05, 3.63) is 128 Å². The third-order valence-corrected chi connectivity index (χ3v) is 7.14. The maximum absolute atomic E-state index is 5.28. The van der Waals surface area contributed by atoms with E-state index in [1.807, 2.05) is 48.8 Å². The maximum atomic E-state index is 5.28. The molecule has 0 spiro atoms. The molecule has 0 bridgehead atoms. The average Bonchev–Trinajstić information content (AvgIpc) is 3.50. The van der Waals surface area contributed by atoms with Gasteiger partial charge in [0.1, 0.15) is 17.3 Å². The quantitative estimate of drug-likeness (QED) is 0.181. The van der Waals surface area contributed by atoms with Gasteiger partial charge < -0.3 is 9.55 Å². The van der Waals surface area contributed by atoms with E-state index in [-0.39, 0.29) is 21.1 Å². The van der Waals surface area contributed by atoms with Crippen molar-refractivity contribution in [1.29, 1.82) is 0 Å². The van der Waals surface area contributed by atoms with Crippen LogP contribution in [0.25, 0.3) is 66.6 Å². The van der Waals surface area contributed by atoms with Crippen LogP contribution in [0.1, 0.15) is 0 Å². The van der Waals surface area contributed by atoms with Crippen LogP contribution in [0.4, 0.5) is 0 Å². The SMILES string of the molecule is [Pt].[c-]1c(-c2ccccn2)ccc2c3ccccc3n(-c3ccc4c5ccccc5n(-c5ccccn5)c4n3)c12. The first kappa shape index (κ1) is 23.5. The van der Waals surface area contributed by atoms with Gasteiger partial charge in [-0.15, -0.1) is 23.8 Å². The fourth-order valence-electron chi connectivity index (χ4n) is 5.47. The molecule has 0 fully saturated rings. The van der Waals surface area contributed by atoms with E-state index in [1.165, 1.54) is 5.39 Å². The minimum atomic E-state index is 0. The molecule has 0 radical (unpaired) electrons. The molecule has 0 aliphatic rings. The Hall–Kier alpha value is -4.60. The predicted molar refractivity (Wildman–Crippen MR) is 153 cm³/mol. The molecular weight excluding hydrogens is 661 g/mol. The van der Waals surface area contributed by atoms with Crippen LogP contribution < -0.4 is 0 Å². The number of para-hydroxylation sites is 2. The van der Waals surface area contributed by atoms with E-state index < -0.39 is 0 Å². The third-order valence-electron chi connectivity index (χ3n) is 7.14. The van der Waals surface area contributed by atoms with Gasteiger partial charge in [0, 0.05) is 49.7 Å². The second kappa shape index (κ2) is 9.30. The second-order valence-corrected chi connectivity index (χ2v) is 9.28. The second-order valence-electron chi connectivity index (χ2n) is 9.28. The third kappa shape index (κ3) is 3.62. The van der Waals surface area contributed by atoms with Gasteiger partial charge in [-0.05, 0) is 59.1 Å². The van der Waals surface area contributed by atoms with E-state index in [9.17, 15) is 0 Å². The van der Waals surface area contributed by atoms with Crippen molar-refractivity contribution in [2.24, 2.45) is 0 Å². The Labute approximate surface area is 238 Å². The zero-order valence-corrected chi connectivity index (χ0v) is 22.9. The molecule has 0 amide bonds. The van der Waals surface area contributed by atoms with Crippen molar-refractivity contribution in [1.82, 2.24) is 24.1 Å². The van der Waals surface area contributed by atoms with E-state index in [0.29, 0.717) is 0 Å². The molecule has 3 aromatic carbocycles. The first-order valence-electron chi connectivity index (χ1n) is 12.6. The number of benzene rings is 3. The fraction of sp³-hybridized carbons (Fsp3) is 0. The van der Waals surface area contributed by atoms with E-state index in [1.54, 1.807) is 0 Å². The first-order valence-corrected chi connectivity index (χ1v) is 12.6. The van der Waals surface area contributed by atoms with Gasteiger partial charge in [-0.2, -0.15) is 0 Å². The van der Waals surface area contributed by atoms with E-state index >= 15 is 0 Å². The number of nitrogens with zero attached hydrogens (tertiary/aromatic N) is 5. The minimum Gasteiger partial charge on any atom is -0.313 e. The number of pyridine rings is 3. The van der Waals surface area contributed by atoms with Gasteiger partial charge in [-0.1, -0.05) is 60.0 Å². The van der Waals surface area contributed by atoms with Gasteiger partial charge in [0.15, 0.2) is 0 Å². The van der Waals surface area contributed by atoms with Crippen LogP contribution in [-0.2, 0) is 21.1 Å². The van der Waals surface area contributed by atoms with Crippen LogP contribution in [0.2, 0.25) is 0 Å². The summed E-state index contributed by atoms with van der Waals surface area (Å²) in [5.74, 6) is 1.67. The van der Waals surface area contributed by atoms with Crippen LogP contribution in [0.3, 0.4) is 0 Å². The number of rotatable bonds is 3. The van der Waals surface area contributed by atoms with Gasteiger partial charge in [0.25, 0.3) is 0 Å². The Bertz CT molecular complexity index is 2130. The monoisotopic (exact) mass is 681 g/mol. The molecule has 8 rings (SSSR count). The smallest absolute Gasteiger partial charge is 0.149 e. The van der Waals surface area contributed by atoms with Crippen LogP contribution in [0, 0.1) is 6.07 Å². The Balaban J connectivity index is 0.00000253. The van der Waals surface area contributed by atoms with Gasteiger partial charge in [0.2, 0.25) is 0 Å². The molecule has 5 heterocycles. The molecule has 0 saturated carbocycles. The zero-order valence-electron chi connectivity index (χ0n) is 20.6. The van der Waals surface area contributed by atoms with Gasteiger partial charge in [-0.3, -0.25) is 4.57 Å². The maximum Gasteiger partial charge on any atom is 0.149 e. The van der Waals surface area contributed by atoms with Crippen molar-refractivity contribution < 1.29 is 21.1 Å². The summed E-state index contributed by atoms with van der Waals surface area (Å²) in [5, 5.41) is 4.54. The first-order chi connectivity index (χ1) is 18.9.